The molecule has 0 aliphatic rings. The minimum absolute atomic E-state index is 0.100. The predicted molar refractivity (Wildman–Crippen MR) is 67.7 cm³/mol. The van der Waals surface area contributed by atoms with Crippen molar-refractivity contribution in [2.45, 2.75) is 0 Å². The number of H-pyrrole nitrogens is 2. The SMILES string of the molecule is O=c1[nH]c(-c2cc[nH]c2)nc2cc(Br)sc12. The van der Waals surface area contributed by atoms with Crippen LogP contribution in [0.4, 0.5) is 0 Å². The second-order valence-corrected chi connectivity index (χ2v) is 5.71. The number of hydrogen-bond acceptors (Lipinski definition) is 3. The van der Waals surface area contributed by atoms with Crippen molar-refractivity contribution in [3.8, 4) is 11.4 Å². The first-order valence-electron chi connectivity index (χ1n) is 4.56. The van der Waals surface area contributed by atoms with Gasteiger partial charge in [-0.15, -0.1) is 11.3 Å². The normalized spacial score (nSPS) is 11.1. The molecule has 16 heavy (non-hydrogen) atoms. The zero-order chi connectivity index (χ0) is 11.1. The van der Waals surface area contributed by atoms with Crippen LogP contribution in [-0.4, -0.2) is 15.0 Å². The topological polar surface area (TPSA) is 61.5 Å². The highest BCUT2D eigenvalue weighted by Gasteiger charge is 2.08. The van der Waals surface area contributed by atoms with Crippen LogP contribution in [0.25, 0.3) is 21.6 Å². The van der Waals surface area contributed by atoms with Gasteiger partial charge in [0.15, 0.2) is 0 Å². The van der Waals surface area contributed by atoms with Crippen molar-refractivity contribution in [2.75, 3.05) is 0 Å². The maximum absolute atomic E-state index is 11.8. The fraction of sp³-hybridized carbons (Fsp3) is 0. The lowest BCUT2D eigenvalue weighted by Gasteiger charge is -1.96. The van der Waals surface area contributed by atoms with Gasteiger partial charge < -0.3 is 9.97 Å². The summed E-state index contributed by atoms with van der Waals surface area (Å²) >= 11 is 4.74. The van der Waals surface area contributed by atoms with Crippen LogP contribution in [-0.2, 0) is 0 Å². The molecule has 4 nitrogen and oxygen atoms in total. The second kappa shape index (κ2) is 3.57. The van der Waals surface area contributed by atoms with Crippen molar-refractivity contribution in [1.29, 1.82) is 0 Å². The average Bonchev–Trinajstić information content (AvgIpc) is 2.84. The van der Waals surface area contributed by atoms with Gasteiger partial charge in [0, 0.05) is 18.0 Å². The monoisotopic (exact) mass is 295 g/mol. The Morgan fingerprint density at radius 1 is 1.44 bits per heavy atom. The molecule has 0 bridgehead atoms. The average molecular weight is 296 g/mol. The van der Waals surface area contributed by atoms with E-state index < -0.39 is 0 Å². The van der Waals surface area contributed by atoms with Crippen LogP contribution >= 0.6 is 27.3 Å². The number of nitrogens with zero attached hydrogens (tertiary/aromatic N) is 1. The van der Waals surface area contributed by atoms with Crippen molar-refractivity contribution in [1.82, 2.24) is 15.0 Å². The summed E-state index contributed by atoms with van der Waals surface area (Å²) in [5.41, 5.74) is 1.50. The van der Waals surface area contributed by atoms with E-state index in [-0.39, 0.29) is 5.56 Å². The number of aromatic nitrogens is 3. The van der Waals surface area contributed by atoms with Crippen molar-refractivity contribution in [3.63, 3.8) is 0 Å². The van der Waals surface area contributed by atoms with Gasteiger partial charge in [0.25, 0.3) is 5.56 Å². The Bertz CT molecular complexity index is 698. The highest BCUT2D eigenvalue weighted by molar-refractivity contribution is 9.11. The van der Waals surface area contributed by atoms with Gasteiger partial charge in [-0.25, -0.2) is 4.98 Å². The van der Waals surface area contributed by atoms with Crippen molar-refractivity contribution >= 4 is 37.5 Å². The summed E-state index contributed by atoms with van der Waals surface area (Å²) in [6.07, 6.45) is 3.59. The van der Waals surface area contributed by atoms with Gasteiger partial charge in [-0.05, 0) is 28.1 Å². The Balaban J connectivity index is 2.33. The van der Waals surface area contributed by atoms with E-state index in [0.29, 0.717) is 10.5 Å². The molecule has 3 aromatic heterocycles. The molecule has 0 fully saturated rings. The minimum atomic E-state index is -0.100. The first-order chi connectivity index (χ1) is 7.74. The van der Waals surface area contributed by atoms with Gasteiger partial charge in [0.2, 0.25) is 0 Å². The first kappa shape index (κ1) is 9.80. The Morgan fingerprint density at radius 2 is 2.31 bits per heavy atom. The van der Waals surface area contributed by atoms with Crippen molar-refractivity contribution in [2.24, 2.45) is 0 Å². The number of fused-ring (bicyclic) bond motifs is 1. The Hall–Kier alpha value is -1.40. The third-order valence-corrected chi connectivity index (χ3v) is 3.85. The largest absolute Gasteiger partial charge is 0.367 e. The van der Waals surface area contributed by atoms with Crippen LogP contribution < -0.4 is 5.56 Å². The fourth-order valence-corrected chi connectivity index (χ4v) is 2.94. The quantitative estimate of drug-likeness (QED) is 0.725. The van der Waals surface area contributed by atoms with Crippen LogP contribution in [0, 0.1) is 0 Å². The van der Waals surface area contributed by atoms with Gasteiger partial charge in [-0.2, -0.15) is 0 Å². The van der Waals surface area contributed by atoms with Crippen LogP contribution in [0.5, 0.6) is 0 Å². The van der Waals surface area contributed by atoms with E-state index in [1.165, 1.54) is 11.3 Å². The molecule has 3 rings (SSSR count). The molecule has 6 heteroatoms. The minimum Gasteiger partial charge on any atom is -0.367 e. The zero-order valence-corrected chi connectivity index (χ0v) is 10.4. The van der Waals surface area contributed by atoms with E-state index in [4.69, 9.17) is 0 Å². The fourth-order valence-electron chi connectivity index (χ4n) is 1.52. The molecule has 0 saturated carbocycles. The van der Waals surface area contributed by atoms with Crippen molar-refractivity contribution < 1.29 is 0 Å². The van der Waals surface area contributed by atoms with Crippen molar-refractivity contribution in [3.05, 3.63) is 38.7 Å². The van der Waals surface area contributed by atoms with Gasteiger partial charge in [-0.1, -0.05) is 0 Å². The second-order valence-electron chi connectivity index (χ2n) is 3.28. The molecule has 0 amide bonds. The maximum atomic E-state index is 11.8. The smallest absolute Gasteiger partial charge is 0.269 e. The lowest BCUT2D eigenvalue weighted by molar-refractivity contribution is 1.19. The maximum Gasteiger partial charge on any atom is 0.269 e. The highest BCUT2D eigenvalue weighted by Crippen LogP contribution is 2.26. The molecule has 2 N–H and O–H groups in total. The Morgan fingerprint density at radius 3 is 3.06 bits per heavy atom. The molecule has 3 aromatic rings. The van der Waals surface area contributed by atoms with E-state index in [2.05, 4.69) is 30.9 Å². The highest BCUT2D eigenvalue weighted by atomic mass is 79.9. The Labute approximate surface area is 102 Å². The summed E-state index contributed by atoms with van der Waals surface area (Å²) in [7, 11) is 0. The lowest BCUT2D eigenvalue weighted by Crippen LogP contribution is -2.07. The van der Waals surface area contributed by atoms with E-state index in [0.717, 1.165) is 14.9 Å². The third kappa shape index (κ3) is 1.50. The summed E-state index contributed by atoms with van der Waals surface area (Å²) in [6, 6.07) is 3.72. The van der Waals surface area contributed by atoms with Crippen LogP contribution in [0.2, 0.25) is 0 Å². The molecule has 0 radical (unpaired) electrons. The molecule has 0 atom stereocenters. The van der Waals surface area contributed by atoms with Gasteiger partial charge in [0.1, 0.15) is 10.5 Å². The van der Waals surface area contributed by atoms with Gasteiger partial charge >= 0.3 is 0 Å². The number of hydrogen-bond donors (Lipinski definition) is 2. The third-order valence-electron chi connectivity index (χ3n) is 2.22. The number of halogens is 1. The summed E-state index contributed by atoms with van der Waals surface area (Å²) < 4.78 is 1.55. The first-order valence-corrected chi connectivity index (χ1v) is 6.17. The summed E-state index contributed by atoms with van der Waals surface area (Å²) in [5.74, 6) is 0.587. The number of rotatable bonds is 1. The molecule has 0 spiro atoms. The lowest BCUT2D eigenvalue weighted by atomic mass is 10.3. The van der Waals surface area contributed by atoms with Gasteiger partial charge in [0.05, 0.1) is 9.30 Å². The van der Waals surface area contributed by atoms with Crippen LogP contribution in [0.1, 0.15) is 0 Å². The number of aromatic amines is 2. The van der Waals surface area contributed by atoms with Crippen LogP contribution in [0.3, 0.4) is 0 Å². The van der Waals surface area contributed by atoms with E-state index >= 15 is 0 Å². The molecular formula is C10H6BrN3OS. The molecular weight excluding hydrogens is 290 g/mol. The summed E-state index contributed by atoms with van der Waals surface area (Å²) in [4.78, 5) is 21.9. The molecule has 0 saturated heterocycles. The molecule has 0 aromatic carbocycles. The zero-order valence-electron chi connectivity index (χ0n) is 7.95. The molecule has 3 heterocycles. The molecule has 0 unspecified atom stereocenters. The van der Waals surface area contributed by atoms with Gasteiger partial charge in [-0.3, -0.25) is 4.79 Å². The molecule has 80 valence electrons. The van der Waals surface area contributed by atoms with E-state index in [1.807, 2.05) is 12.1 Å². The number of nitrogens with one attached hydrogen (secondary N) is 2. The number of thiophene rings is 1. The standard InChI is InChI=1S/C10H6BrN3OS/c11-7-3-6-8(16-7)10(15)14-9(13-6)5-1-2-12-4-5/h1-4,12H,(H,13,14,15). The predicted octanol–water partition coefficient (Wildman–Crippen LogP) is 2.74. The summed E-state index contributed by atoms with van der Waals surface area (Å²) in [5, 5.41) is 0. The van der Waals surface area contributed by atoms with E-state index in [1.54, 1.807) is 12.4 Å². The van der Waals surface area contributed by atoms with Crippen LogP contribution in [0.15, 0.2) is 33.1 Å². The Kier molecular flexibility index (Phi) is 2.19. The molecule has 0 aliphatic heterocycles. The van der Waals surface area contributed by atoms with E-state index in [9.17, 15) is 4.79 Å². The molecule has 0 aliphatic carbocycles. The summed E-state index contributed by atoms with van der Waals surface area (Å²) in [6.45, 7) is 0.